The molecule has 0 saturated heterocycles. The molecule has 2 aromatic carbocycles. The van der Waals surface area contributed by atoms with Crippen LogP contribution < -0.4 is 5.73 Å². The van der Waals surface area contributed by atoms with Crippen molar-refractivity contribution in [3.63, 3.8) is 0 Å². The van der Waals surface area contributed by atoms with Crippen LogP contribution in [0, 0.1) is 0 Å². The number of halogens is 1. The summed E-state index contributed by atoms with van der Waals surface area (Å²) in [5.74, 6) is 0. The molecule has 2 aromatic rings. The van der Waals surface area contributed by atoms with Gasteiger partial charge in [0.2, 0.25) is 0 Å². The maximum Gasteiger partial charge on any atom is 0.175 e. The average Bonchev–Trinajstić information content (AvgIpc) is 2.40. The highest BCUT2D eigenvalue weighted by molar-refractivity contribution is 7.90. The van der Waals surface area contributed by atoms with E-state index in [-0.39, 0.29) is 6.04 Å². The van der Waals surface area contributed by atoms with Gasteiger partial charge in [0, 0.05) is 17.3 Å². The van der Waals surface area contributed by atoms with Crippen molar-refractivity contribution in [2.45, 2.75) is 17.4 Å². The highest BCUT2D eigenvalue weighted by atomic mass is 35.5. The van der Waals surface area contributed by atoms with Crippen LogP contribution in [-0.2, 0) is 16.3 Å². The SMILES string of the molecule is CS(=O)(=O)c1ccc(C(N)Cc2ccccc2Cl)cc1. The minimum atomic E-state index is -3.17. The fraction of sp³-hybridized carbons (Fsp3) is 0.200. The van der Waals surface area contributed by atoms with Gasteiger partial charge in [-0.3, -0.25) is 0 Å². The molecule has 1 unspecified atom stereocenters. The molecule has 0 heterocycles. The van der Waals surface area contributed by atoms with Crippen LogP contribution in [-0.4, -0.2) is 14.7 Å². The maximum atomic E-state index is 11.4. The van der Waals surface area contributed by atoms with E-state index in [0.29, 0.717) is 16.3 Å². The van der Waals surface area contributed by atoms with E-state index < -0.39 is 9.84 Å². The van der Waals surface area contributed by atoms with E-state index in [1.54, 1.807) is 24.3 Å². The normalized spacial score (nSPS) is 13.2. The third-order valence-electron chi connectivity index (χ3n) is 3.13. The van der Waals surface area contributed by atoms with Gasteiger partial charge in [0.15, 0.2) is 9.84 Å². The number of hydrogen-bond acceptors (Lipinski definition) is 3. The molecule has 3 nitrogen and oxygen atoms in total. The minimum absolute atomic E-state index is 0.219. The molecule has 0 aromatic heterocycles. The van der Waals surface area contributed by atoms with Gasteiger partial charge in [-0.1, -0.05) is 41.9 Å². The summed E-state index contributed by atoms with van der Waals surface area (Å²) >= 11 is 6.11. The van der Waals surface area contributed by atoms with Gasteiger partial charge in [0.05, 0.1) is 4.90 Å². The van der Waals surface area contributed by atoms with Crippen LogP contribution in [0.5, 0.6) is 0 Å². The number of benzene rings is 2. The summed E-state index contributed by atoms with van der Waals surface area (Å²) in [6.07, 6.45) is 1.80. The predicted octanol–water partition coefficient (Wildman–Crippen LogP) is 2.99. The zero-order valence-electron chi connectivity index (χ0n) is 11.1. The molecule has 0 radical (unpaired) electrons. The summed E-state index contributed by atoms with van der Waals surface area (Å²) in [6, 6.07) is 14.0. The van der Waals surface area contributed by atoms with E-state index in [9.17, 15) is 8.42 Å². The van der Waals surface area contributed by atoms with Gasteiger partial charge in [0.1, 0.15) is 0 Å². The molecular weight excluding hydrogens is 294 g/mol. The molecule has 0 saturated carbocycles. The number of sulfone groups is 1. The first-order chi connectivity index (χ1) is 9.38. The largest absolute Gasteiger partial charge is 0.324 e. The Kier molecular flexibility index (Phi) is 4.48. The van der Waals surface area contributed by atoms with Gasteiger partial charge in [-0.25, -0.2) is 8.42 Å². The lowest BCUT2D eigenvalue weighted by Gasteiger charge is -2.13. The van der Waals surface area contributed by atoms with Gasteiger partial charge in [0.25, 0.3) is 0 Å². The summed E-state index contributed by atoms with van der Waals surface area (Å²) in [5.41, 5.74) is 8.01. The molecular formula is C15H16ClNO2S. The Morgan fingerprint density at radius 2 is 1.70 bits per heavy atom. The third-order valence-corrected chi connectivity index (χ3v) is 4.63. The Morgan fingerprint density at radius 1 is 1.10 bits per heavy atom. The summed E-state index contributed by atoms with van der Waals surface area (Å²) in [6.45, 7) is 0. The molecule has 0 fully saturated rings. The molecule has 0 aliphatic rings. The number of nitrogens with two attached hydrogens (primary N) is 1. The molecule has 0 aliphatic carbocycles. The van der Waals surface area contributed by atoms with Crippen molar-refractivity contribution in [3.05, 3.63) is 64.7 Å². The molecule has 0 amide bonds. The van der Waals surface area contributed by atoms with Crippen molar-refractivity contribution in [1.82, 2.24) is 0 Å². The third kappa shape index (κ3) is 3.60. The van der Waals surface area contributed by atoms with Gasteiger partial charge >= 0.3 is 0 Å². The predicted molar refractivity (Wildman–Crippen MR) is 81.6 cm³/mol. The second-order valence-corrected chi connectivity index (χ2v) is 7.17. The van der Waals surface area contributed by atoms with Gasteiger partial charge in [-0.05, 0) is 35.7 Å². The van der Waals surface area contributed by atoms with Crippen molar-refractivity contribution in [3.8, 4) is 0 Å². The molecule has 2 N–H and O–H groups in total. The van der Waals surface area contributed by atoms with Crippen molar-refractivity contribution in [1.29, 1.82) is 0 Å². The van der Waals surface area contributed by atoms with Gasteiger partial charge in [-0.15, -0.1) is 0 Å². The zero-order valence-corrected chi connectivity index (χ0v) is 12.7. The second-order valence-electron chi connectivity index (χ2n) is 4.74. The molecule has 0 spiro atoms. The Bertz CT molecular complexity index is 696. The Hall–Kier alpha value is -1.36. The molecule has 1 atom stereocenters. The summed E-state index contributed by atoms with van der Waals surface area (Å²) in [5, 5.41) is 0.690. The van der Waals surface area contributed by atoms with Crippen molar-refractivity contribution < 1.29 is 8.42 Å². The van der Waals surface area contributed by atoms with E-state index in [2.05, 4.69) is 0 Å². The first-order valence-corrected chi connectivity index (χ1v) is 8.44. The van der Waals surface area contributed by atoms with Gasteiger partial charge in [-0.2, -0.15) is 0 Å². The minimum Gasteiger partial charge on any atom is -0.324 e. The van der Waals surface area contributed by atoms with Crippen LogP contribution in [0.1, 0.15) is 17.2 Å². The Morgan fingerprint density at radius 3 is 2.25 bits per heavy atom. The lowest BCUT2D eigenvalue weighted by atomic mass is 10.00. The molecule has 0 bridgehead atoms. The number of rotatable bonds is 4. The quantitative estimate of drug-likeness (QED) is 0.944. The van der Waals surface area contributed by atoms with Gasteiger partial charge < -0.3 is 5.73 Å². The first kappa shape index (κ1) is 15.0. The smallest absolute Gasteiger partial charge is 0.175 e. The molecule has 106 valence electrons. The van der Waals surface area contributed by atoms with Crippen molar-refractivity contribution >= 4 is 21.4 Å². The fourth-order valence-electron chi connectivity index (χ4n) is 1.98. The first-order valence-electron chi connectivity index (χ1n) is 6.17. The second kappa shape index (κ2) is 5.95. The van der Waals surface area contributed by atoms with Crippen LogP contribution >= 0.6 is 11.6 Å². The zero-order chi connectivity index (χ0) is 14.8. The number of hydrogen-bond donors (Lipinski definition) is 1. The highest BCUT2D eigenvalue weighted by Gasteiger charge is 2.11. The highest BCUT2D eigenvalue weighted by Crippen LogP contribution is 2.22. The maximum absolute atomic E-state index is 11.4. The molecule has 2 rings (SSSR count). The fourth-order valence-corrected chi connectivity index (χ4v) is 2.82. The van der Waals surface area contributed by atoms with E-state index in [4.69, 9.17) is 17.3 Å². The summed E-state index contributed by atoms with van der Waals surface area (Å²) < 4.78 is 22.8. The van der Waals surface area contributed by atoms with Crippen LogP contribution in [0.3, 0.4) is 0 Å². The van der Waals surface area contributed by atoms with E-state index in [0.717, 1.165) is 11.1 Å². The molecule has 5 heteroatoms. The van der Waals surface area contributed by atoms with E-state index in [1.807, 2.05) is 24.3 Å². The van der Waals surface area contributed by atoms with Crippen LogP contribution in [0.4, 0.5) is 0 Å². The van der Waals surface area contributed by atoms with Crippen LogP contribution in [0.15, 0.2) is 53.4 Å². The Labute approximate surface area is 124 Å². The van der Waals surface area contributed by atoms with E-state index in [1.165, 1.54) is 6.26 Å². The lowest BCUT2D eigenvalue weighted by Crippen LogP contribution is -2.13. The molecule has 0 aliphatic heterocycles. The monoisotopic (exact) mass is 309 g/mol. The van der Waals surface area contributed by atoms with Crippen molar-refractivity contribution in [2.24, 2.45) is 5.73 Å². The van der Waals surface area contributed by atoms with Crippen LogP contribution in [0.25, 0.3) is 0 Å². The molecule has 20 heavy (non-hydrogen) atoms. The summed E-state index contributed by atoms with van der Waals surface area (Å²) in [7, 11) is -3.17. The lowest BCUT2D eigenvalue weighted by molar-refractivity contribution is 0.601. The average molecular weight is 310 g/mol. The topological polar surface area (TPSA) is 60.2 Å². The van der Waals surface area contributed by atoms with Crippen molar-refractivity contribution in [2.75, 3.05) is 6.26 Å². The van der Waals surface area contributed by atoms with E-state index >= 15 is 0 Å². The summed E-state index contributed by atoms with van der Waals surface area (Å²) in [4.78, 5) is 0.297. The Balaban J connectivity index is 2.18. The standard InChI is InChI=1S/C15H16ClNO2S/c1-20(18,19)13-8-6-11(7-9-13)15(17)10-12-4-2-3-5-14(12)16/h2-9,15H,10,17H2,1H3. The van der Waals surface area contributed by atoms with Crippen LogP contribution in [0.2, 0.25) is 5.02 Å².